The van der Waals surface area contributed by atoms with Crippen molar-refractivity contribution in [2.45, 2.75) is 31.0 Å². The molecule has 0 nitrogen and oxygen atoms in total. The van der Waals surface area contributed by atoms with E-state index in [-0.39, 0.29) is 0 Å². The first-order valence-corrected chi connectivity index (χ1v) is 9.33. The molecule has 0 bridgehead atoms. The normalized spacial score (nSPS) is 14.8. The van der Waals surface area contributed by atoms with Crippen molar-refractivity contribution in [1.82, 2.24) is 0 Å². The van der Waals surface area contributed by atoms with Gasteiger partial charge in [0.2, 0.25) is 0 Å². The Morgan fingerprint density at radius 3 is 2.71 bits per heavy atom. The smallest absolute Gasteiger partial charge is 0.0746 e. The van der Waals surface area contributed by atoms with Gasteiger partial charge in [-0.15, -0.1) is 11.3 Å². The van der Waals surface area contributed by atoms with Crippen molar-refractivity contribution in [3.8, 4) is 0 Å². The molecule has 3 aromatic rings. The van der Waals surface area contributed by atoms with Gasteiger partial charge in [0.25, 0.3) is 0 Å². The van der Waals surface area contributed by atoms with Gasteiger partial charge in [-0.2, -0.15) is 0 Å². The lowest BCUT2D eigenvalue weighted by Crippen LogP contribution is -1.96. The first-order chi connectivity index (χ1) is 10.3. The van der Waals surface area contributed by atoms with E-state index in [1.807, 2.05) is 11.3 Å². The fourth-order valence-corrected chi connectivity index (χ4v) is 5.50. The van der Waals surface area contributed by atoms with Gasteiger partial charge in [-0.1, -0.05) is 53.2 Å². The summed E-state index contributed by atoms with van der Waals surface area (Å²) in [5.74, 6) is 0. The zero-order chi connectivity index (χ0) is 14.4. The van der Waals surface area contributed by atoms with Crippen molar-refractivity contribution < 1.29 is 0 Å². The molecule has 2 aromatic carbocycles. The maximum Gasteiger partial charge on any atom is 0.0746 e. The van der Waals surface area contributed by atoms with Gasteiger partial charge in [0.05, 0.1) is 4.83 Å². The lowest BCUT2D eigenvalue weighted by Gasteiger charge is -2.15. The minimum atomic E-state index is 0.303. The van der Waals surface area contributed by atoms with E-state index in [9.17, 15) is 0 Å². The number of hydrogen-bond donors (Lipinski definition) is 0. The highest BCUT2D eigenvalue weighted by molar-refractivity contribution is 9.09. The second kappa shape index (κ2) is 5.26. The fraction of sp³-hybridized carbons (Fsp3) is 0.263. The average molecular weight is 357 g/mol. The molecule has 2 heteroatoms. The Kier molecular flexibility index (Phi) is 3.39. The summed E-state index contributed by atoms with van der Waals surface area (Å²) in [6.45, 7) is 2.23. The lowest BCUT2D eigenvalue weighted by atomic mass is 9.96. The van der Waals surface area contributed by atoms with Gasteiger partial charge in [0.1, 0.15) is 0 Å². The molecule has 0 spiro atoms. The van der Waals surface area contributed by atoms with E-state index in [4.69, 9.17) is 0 Å². The van der Waals surface area contributed by atoms with Crippen LogP contribution in [-0.4, -0.2) is 0 Å². The van der Waals surface area contributed by atoms with Crippen LogP contribution in [0.25, 0.3) is 10.8 Å². The molecule has 1 aliphatic rings. The van der Waals surface area contributed by atoms with Crippen LogP contribution in [0.5, 0.6) is 0 Å². The highest BCUT2D eigenvalue weighted by Gasteiger charge is 2.21. The van der Waals surface area contributed by atoms with E-state index in [1.54, 1.807) is 0 Å². The zero-order valence-electron chi connectivity index (χ0n) is 12.0. The standard InChI is InChI=1S/C19H17BrS/c1-2-12-10-11-21-19(12)18(20)16-9-8-14-7-6-13-4-3-5-15(16)17(13)14/h3-5,8-11,18H,2,6-7H2,1H3. The highest BCUT2D eigenvalue weighted by atomic mass is 79.9. The summed E-state index contributed by atoms with van der Waals surface area (Å²) >= 11 is 5.83. The maximum atomic E-state index is 3.97. The molecular weight excluding hydrogens is 340 g/mol. The Balaban J connectivity index is 1.92. The van der Waals surface area contributed by atoms with Crippen molar-refractivity contribution in [3.05, 3.63) is 68.9 Å². The Morgan fingerprint density at radius 2 is 1.90 bits per heavy atom. The molecule has 106 valence electrons. The largest absolute Gasteiger partial charge is 0.147 e. The van der Waals surface area contributed by atoms with E-state index >= 15 is 0 Å². The Hall–Kier alpha value is -1.12. The second-order valence-electron chi connectivity index (χ2n) is 5.68. The summed E-state index contributed by atoms with van der Waals surface area (Å²) in [4.78, 5) is 1.76. The highest BCUT2D eigenvalue weighted by Crippen LogP contribution is 2.42. The molecule has 0 fully saturated rings. The number of aryl methyl sites for hydroxylation is 3. The third-order valence-electron chi connectivity index (χ3n) is 4.58. The minimum Gasteiger partial charge on any atom is -0.147 e. The van der Waals surface area contributed by atoms with Crippen LogP contribution >= 0.6 is 27.3 Å². The van der Waals surface area contributed by atoms with Crippen LogP contribution in [0.15, 0.2) is 41.8 Å². The minimum absolute atomic E-state index is 0.303. The monoisotopic (exact) mass is 356 g/mol. The molecule has 21 heavy (non-hydrogen) atoms. The van der Waals surface area contributed by atoms with Crippen LogP contribution < -0.4 is 0 Å². The third-order valence-corrected chi connectivity index (χ3v) is 6.85. The number of thiophene rings is 1. The second-order valence-corrected chi connectivity index (χ2v) is 7.54. The lowest BCUT2D eigenvalue weighted by molar-refractivity contribution is 1.02. The van der Waals surface area contributed by atoms with Crippen molar-refractivity contribution in [2.24, 2.45) is 0 Å². The first kappa shape index (κ1) is 13.5. The molecule has 0 saturated heterocycles. The molecule has 1 heterocycles. The number of alkyl halides is 1. The molecule has 0 N–H and O–H groups in total. The van der Waals surface area contributed by atoms with Gasteiger partial charge < -0.3 is 0 Å². The van der Waals surface area contributed by atoms with Crippen LogP contribution in [0.3, 0.4) is 0 Å². The fourth-order valence-electron chi connectivity index (χ4n) is 3.49. The van der Waals surface area contributed by atoms with Gasteiger partial charge in [0, 0.05) is 4.88 Å². The van der Waals surface area contributed by atoms with Crippen molar-refractivity contribution in [3.63, 3.8) is 0 Å². The van der Waals surface area contributed by atoms with Crippen molar-refractivity contribution >= 4 is 38.0 Å². The molecule has 4 rings (SSSR count). The number of halogens is 1. The summed E-state index contributed by atoms with van der Waals surface area (Å²) in [7, 11) is 0. The van der Waals surface area contributed by atoms with Crippen LogP contribution in [0, 0.1) is 0 Å². The molecule has 1 aromatic heterocycles. The van der Waals surface area contributed by atoms with E-state index in [1.165, 1.54) is 50.7 Å². The SMILES string of the molecule is CCc1ccsc1C(Br)c1ccc2c3c(cccc13)CC2. The number of benzene rings is 2. The first-order valence-electron chi connectivity index (χ1n) is 7.53. The molecule has 1 atom stereocenters. The molecule has 1 aliphatic carbocycles. The van der Waals surface area contributed by atoms with E-state index in [2.05, 4.69) is 64.6 Å². The predicted octanol–water partition coefficient (Wildman–Crippen LogP) is 6.05. The Bertz CT molecular complexity index is 805. The van der Waals surface area contributed by atoms with Crippen LogP contribution in [-0.2, 0) is 19.3 Å². The molecule has 0 aliphatic heterocycles. The van der Waals surface area contributed by atoms with Gasteiger partial charge in [-0.05, 0) is 63.7 Å². The zero-order valence-corrected chi connectivity index (χ0v) is 14.4. The van der Waals surface area contributed by atoms with Gasteiger partial charge >= 0.3 is 0 Å². The average Bonchev–Trinajstić information content (AvgIpc) is 3.15. The molecule has 0 saturated carbocycles. The third kappa shape index (κ3) is 2.08. The molecular formula is C19H17BrS. The Labute approximate surface area is 137 Å². The van der Waals surface area contributed by atoms with E-state index in [0.29, 0.717) is 4.83 Å². The maximum absolute atomic E-state index is 3.97. The molecule has 0 radical (unpaired) electrons. The van der Waals surface area contributed by atoms with Gasteiger partial charge in [-0.25, -0.2) is 0 Å². The molecule has 1 unspecified atom stereocenters. The summed E-state index contributed by atoms with van der Waals surface area (Å²) in [6.07, 6.45) is 3.49. The van der Waals surface area contributed by atoms with Crippen LogP contribution in [0.2, 0.25) is 0 Å². The van der Waals surface area contributed by atoms with E-state index < -0.39 is 0 Å². The van der Waals surface area contributed by atoms with Crippen LogP contribution in [0.1, 0.15) is 38.9 Å². The summed E-state index contributed by atoms with van der Waals surface area (Å²) in [5, 5.41) is 5.15. The van der Waals surface area contributed by atoms with E-state index in [0.717, 1.165) is 6.42 Å². The van der Waals surface area contributed by atoms with Crippen LogP contribution in [0.4, 0.5) is 0 Å². The number of rotatable bonds is 3. The van der Waals surface area contributed by atoms with Gasteiger partial charge in [0.15, 0.2) is 0 Å². The Morgan fingerprint density at radius 1 is 1.10 bits per heavy atom. The summed E-state index contributed by atoms with van der Waals surface area (Å²) in [5.41, 5.74) is 5.91. The van der Waals surface area contributed by atoms with Crippen molar-refractivity contribution in [1.29, 1.82) is 0 Å². The van der Waals surface area contributed by atoms with Crippen molar-refractivity contribution in [2.75, 3.05) is 0 Å². The topological polar surface area (TPSA) is 0 Å². The summed E-state index contributed by atoms with van der Waals surface area (Å²) < 4.78 is 0. The summed E-state index contributed by atoms with van der Waals surface area (Å²) in [6, 6.07) is 13.7. The molecule has 0 amide bonds. The predicted molar refractivity (Wildman–Crippen MR) is 95.8 cm³/mol. The van der Waals surface area contributed by atoms with Gasteiger partial charge in [-0.3, -0.25) is 0 Å². The number of hydrogen-bond acceptors (Lipinski definition) is 1. The quantitative estimate of drug-likeness (QED) is 0.501.